The number of nitrogens with one attached hydrogen (secondary N) is 2. The van der Waals surface area contributed by atoms with E-state index in [4.69, 9.17) is 4.42 Å². The fourth-order valence-electron chi connectivity index (χ4n) is 3.09. The summed E-state index contributed by atoms with van der Waals surface area (Å²) in [6.07, 6.45) is 1.44. The van der Waals surface area contributed by atoms with Crippen LogP contribution in [0.3, 0.4) is 0 Å². The lowest BCUT2D eigenvalue weighted by Gasteiger charge is -2.25. The normalized spacial score (nSPS) is 10.5. The van der Waals surface area contributed by atoms with Crippen molar-refractivity contribution in [3.8, 4) is 0 Å². The van der Waals surface area contributed by atoms with E-state index >= 15 is 0 Å². The average Bonchev–Trinajstić information content (AvgIpc) is 3.45. The van der Waals surface area contributed by atoms with Crippen LogP contribution >= 0.6 is 11.3 Å². The van der Waals surface area contributed by atoms with Crippen LogP contribution in [0.4, 0.5) is 10.7 Å². The molecule has 2 N–H and O–H groups in total. The van der Waals surface area contributed by atoms with Crippen LogP contribution in [0.5, 0.6) is 0 Å². The number of carbonyl (C=O) groups excluding carboxylic acids is 2. The minimum atomic E-state index is -0.354. The maximum absolute atomic E-state index is 13.1. The highest BCUT2D eigenvalue weighted by atomic mass is 32.1. The Morgan fingerprint density at radius 2 is 1.65 bits per heavy atom. The Morgan fingerprint density at radius 1 is 0.935 bits per heavy atom. The molecule has 0 fully saturated rings. The largest absolute Gasteiger partial charge is 0.459 e. The third-order valence-corrected chi connectivity index (χ3v) is 5.74. The van der Waals surface area contributed by atoms with Crippen LogP contribution in [-0.4, -0.2) is 11.8 Å². The summed E-state index contributed by atoms with van der Waals surface area (Å²) < 4.78 is 5.12. The molecule has 4 aromatic rings. The van der Waals surface area contributed by atoms with Gasteiger partial charge in [0.15, 0.2) is 5.76 Å². The van der Waals surface area contributed by atoms with Gasteiger partial charge in [-0.3, -0.25) is 20.0 Å². The topological polar surface area (TPSA) is 74.6 Å². The zero-order valence-electron chi connectivity index (χ0n) is 16.9. The summed E-state index contributed by atoms with van der Waals surface area (Å²) in [5.74, 6) is -0.371. The highest BCUT2D eigenvalue weighted by Crippen LogP contribution is 2.27. The fraction of sp³-hybridized carbons (Fsp3) is 0.0833. The molecule has 0 aliphatic rings. The Morgan fingerprint density at radius 3 is 2.32 bits per heavy atom. The molecule has 0 saturated carbocycles. The number of nitrogens with zero attached hydrogens (tertiary/aromatic N) is 1. The van der Waals surface area contributed by atoms with Crippen molar-refractivity contribution in [3.63, 3.8) is 0 Å². The molecule has 7 heteroatoms. The first-order valence-corrected chi connectivity index (χ1v) is 10.5. The van der Waals surface area contributed by atoms with E-state index < -0.39 is 0 Å². The standard InChI is InChI=1S/C24H21N3O3S/c1-17-15-21(25-23(28)20-13-8-14-30-20)31-22(17)24(29)26-27(19-11-6-3-7-12-19)16-18-9-4-2-5-10-18/h2-15H,16H2,1H3,(H,25,28)(H,26,29). The van der Waals surface area contributed by atoms with Crippen molar-refractivity contribution in [1.29, 1.82) is 0 Å². The number of thiophene rings is 1. The quantitative estimate of drug-likeness (QED) is 0.392. The summed E-state index contributed by atoms with van der Waals surface area (Å²) in [5, 5.41) is 5.18. The summed E-state index contributed by atoms with van der Waals surface area (Å²) in [4.78, 5) is 25.8. The first kappa shape index (κ1) is 20.4. The number of carbonyl (C=O) groups is 2. The van der Waals surface area contributed by atoms with E-state index in [1.807, 2.05) is 72.6 Å². The number of anilines is 2. The van der Waals surface area contributed by atoms with Crippen LogP contribution in [0.25, 0.3) is 0 Å². The van der Waals surface area contributed by atoms with Crippen LogP contribution in [0, 0.1) is 6.92 Å². The second-order valence-electron chi connectivity index (χ2n) is 6.90. The minimum Gasteiger partial charge on any atom is -0.459 e. The third kappa shape index (κ3) is 5.02. The van der Waals surface area contributed by atoms with Gasteiger partial charge in [-0.15, -0.1) is 11.3 Å². The molecule has 0 radical (unpaired) electrons. The van der Waals surface area contributed by atoms with Gasteiger partial charge in [0, 0.05) is 0 Å². The second-order valence-corrected chi connectivity index (χ2v) is 7.95. The number of aryl methyl sites for hydroxylation is 1. The summed E-state index contributed by atoms with van der Waals surface area (Å²) in [5.41, 5.74) is 5.73. The zero-order chi connectivity index (χ0) is 21.6. The van der Waals surface area contributed by atoms with Gasteiger partial charge < -0.3 is 9.73 Å². The summed E-state index contributed by atoms with van der Waals surface area (Å²) in [6.45, 7) is 2.36. The number of hydrogen-bond donors (Lipinski definition) is 2. The van der Waals surface area contributed by atoms with Gasteiger partial charge in [-0.25, -0.2) is 0 Å². The van der Waals surface area contributed by atoms with Crippen molar-refractivity contribution in [2.24, 2.45) is 0 Å². The van der Waals surface area contributed by atoms with E-state index in [1.165, 1.54) is 17.6 Å². The third-order valence-electron chi connectivity index (χ3n) is 4.59. The molecule has 6 nitrogen and oxygen atoms in total. The smallest absolute Gasteiger partial charge is 0.291 e. The fourth-order valence-corrected chi connectivity index (χ4v) is 4.05. The minimum absolute atomic E-state index is 0.218. The van der Waals surface area contributed by atoms with Gasteiger partial charge in [-0.1, -0.05) is 48.5 Å². The maximum atomic E-state index is 13.1. The molecule has 156 valence electrons. The van der Waals surface area contributed by atoms with Crippen LogP contribution in [-0.2, 0) is 6.54 Å². The Bertz CT molecular complexity index is 1160. The SMILES string of the molecule is Cc1cc(NC(=O)c2ccco2)sc1C(=O)NN(Cc1ccccc1)c1ccccc1. The summed E-state index contributed by atoms with van der Waals surface area (Å²) in [6, 6.07) is 24.6. The molecule has 0 aliphatic carbocycles. The van der Waals surface area contributed by atoms with Gasteiger partial charge in [-0.2, -0.15) is 0 Å². The van der Waals surface area contributed by atoms with Crippen molar-refractivity contribution in [2.75, 3.05) is 10.3 Å². The van der Waals surface area contributed by atoms with Gasteiger partial charge >= 0.3 is 0 Å². The molecule has 2 heterocycles. The summed E-state index contributed by atoms with van der Waals surface area (Å²) >= 11 is 1.22. The van der Waals surface area contributed by atoms with E-state index in [0.717, 1.165) is 16.8 Å². The molecule has 0 aliphatic heterocycles. The van der Waals surface area contributed by atoms with Crippen molar-refractivity contribution >= 4 is 33.8 Å². The van der Waals surface area contributed by atoms with E-state index in [9.17, 15) is 9.59 Å². The second kappa shape index (κ2) is 9.32. The molecule has 2 aromatic carbocycles. The van der Waals surface area contributed by atoms with Crippen molar-refractivity contribution < 1.29 is 14.0 Å². The number of hydrogen-bond acceptors (Lipinski definition) is 5. The van der Waals surface area contributed by atoms with Gasteiger partial charge in [0.2, 0.25) is 0 Å². The first-order valence-electron chi connectivity index (χ1n) is 9.73. The van der Waals surface area contributed by atoms with E-state index in [-0.39, 0.29) is 17.6 Å². The predicted molar refractivity (Wildman–Crippen MR) is 122 cm³/mol. The van der Waals surface area contributed by atoms with Crippen LogP contribution in [0.2, 0.25) is 0 Å². The Kier molecular flexibility index (Phi) is 6.14. The van der Waals surface area contributed by atoms with E-state index in [2.05, 4.69) is 10.7 Å². The molecule has 0 bridgehead atoms. The van der Waals surface area contributed by atoms with E-state index in [0.29, 0.717) is 16.4 Å². The molecule has 2 amide bonds. The van der Waals surface area contributed by atoms with Gasteiger partial charge in [-0.05, 0) is 48.4 Å². The molecule has 0 atom stereocenters. The predicted octanol–water partition coefficient (Wildman–Crippen LogP) is 5.25. The van der Waals surface area contributed by atoms with Gasteiger partial charge in [0.05, 0.1) is 28.4 Å². The van der Waals surface area contributed by atoms with Crippen LogP contribution < -0.4 is 15.8 Å². The highest BCUT2D eigenvalue weighted by Gasteiger charge is 2.19. The Balaban J connectivity index is 1.52. The number of para-hydroxylation sites is 1. The molecule has 0 spiro atoms. The number of benzene rings is 2. The number of amides is 2. The van der Waals surface area contributed by atoms with Crippen LogP contribution in [0.15, 0.2) is 89.5 Å². The lowest BCUT2D eigenvalue weighted by molar-refractivity contribution is 0.0950. The van der Waals surface area contributed by atoms with Gasteiger partial charge in [0.25, 0.3) is 11.8 Å². The highest BCUT2D eigenvalue weighted by molar-refractivity contribution is 7.18. The van der Waals surface area contributed by atoms with E-state index in [1.54, 1.807) is 18.2 Å². The van der Waals surface area contributed by atoms with Crippen molar-refractivity contribution in [3.05, 3.63) is 107 Å². The molecular weight excluding hydrogens is 410 g/mol. The molecule has 0 saturated heterocycles. The molecule has 0 unspecified atom stereocenters. The van der Waals surface area contributed by atoms with Gasteiger partial charge in [0.1, 0.15) is 0 Å². The lowest BCUT2D eigenvalue weighted by atomic mass is 10.2. The van der Waals surface area contributed by atoms with Crippen LogP contribution in [0.1, 0.15) is 31.4 Å². The maximum Gasteiger partial charge on any atom is 0.291 e. The summed E-state index contributed by atoms with van der Waals surface area (Å²) in [7, 11) is 0. The molecule has 31 heavy (non-hydrogen) atoms. The van der Waals surface area contributed by atoms with Crippen molar-refractivity contribution in [2.45, 2.75) is 13.5 Å². The zero-order valence-corrected chi connectivity index (χ0v) is 17.7. The van der Waals surface area contributed by atoms with Crippen molar-refractivity contribution in [1.82, 2.24) is 5.43 Å². The number of hydrazine groups is 1. The number of rotatable bonds is 7. The Labute approximate surface area is 184 Å². The molecular formula is C24H21N3O3S. The average molecular weight is 432 g/mol. The lowest BCUT2D eigenvalue weighted by Crippen LogP contribution is -2.41. The molecule has 2 aromatic heterocycles. The molecule has 4 rings (SSSR count). The monoisotopic (exact) mass is 431 g/mol. The Hall–Kier alpha value is -3.84. The first-order chi connectivity index (χ1) is 15.1. The number of furan rings is 1.